The second kappa shape index (κ2) is 6.10. The van der Waals surface area contributed by atoms with E-state index in [0.29, 0.717) is 5.82 Å². The number of nitrogens with zero attached hydrogens (tertiary/aromatic N) is 2. The highest BCUT2D eigenvalue weighted by Crippen LogP contribution is 2.24. The maximum atomic E-state index is 5.95. The zero-order chi connectivity index (χ0) is 16.6. The predicted molar refractivity (Wildman–Crippen MR) is 99.3 cm³/mol. The number of hydrogen-bond donors (Lipinski definition) is 2. The standard InChI is InChI=1S/C18H20N4S/c1-10(14-7-5-13(19)8-11(14)2)4-6-15-12(3)23-17-16(15)21-9-22-18(17)20/h4,6-9,13H,3,5,19H2,1-2H3,(H2,20,21,22). The smallest absolute Gasteiger partial charge is 0.144 e. The number of nitrogens with two attached hydrogens (primary N) is 2. The molecule has 2 aromatic heterocycles. The van der Waals surface area contributed by atoms with E-state index in [1.54, 1.807) is 0 Å². The minimum atomic E-state index is 0.127. The van der Waals surface area contributed by atoms with E-state index in [0.717, 1.165) is 26.4 Å². The van der Waals surface area contributed by atoms with Crippen molar-refractivity contribution in [3.05, 3.63) is 51.0 Å². The molecule has 5 heteroatoms. The van der Waals surface area contributed by atoms with Crippen LogP contribution in [0.4, 0.5) is 5.82 Å². The molecule has 0 saturated carbocycles. The first-order valence-corrected chi connectivity index (χ1v) is 8.30. The quantitative estimate of drug-likeness (QED) is 0.886. The van der Waals surface area contributed by atoms with Crippen LogP contribution < -0.4 is 21.2 Å². The highest BCUT2D eigenvalue weighted by atomic mass is 32.1. The molecule has 0 spiro atoms. The van der Waals surface area contributed by atoms with Crippen LogP contribution in [0, 0.1) is 0 Å². The molecule has 3 rings (SSSR count). The molecule has 0 saturated heterocycles. The van der Waals surface area contributed by atoms with E-state index in [9.17, 15) is 0 Å². The Balaban J connectivity index is 2.07. The molecule has 0 fully saturated rings. The lowest BCUT2D eigenvalue weighted by atomic mass is 9.91. The summed E-state index contributed by atoms with van der Waals surface area (Å²) in [6.45, 7) is 8.31. The molecule has 2 aromatic rings. The van der Waals surface area contributed by atoms with Crippen molar-refractivity contribution in [3.8, 4) is 0 Å². The van der Waals surface area contributed by atoms with Gasteiger partial charge in [-0.05, 0) is 37.0 Å². The van der Waals surface area contributed by atoms with Gasteiger partial charge >= 0.3 is 0 Å². The fraction of sp³-hybridized carbons (Fsp3) is 0.222. The van der Waals surface area contributed by atoms with Crippen LogP contribution in [0.15, 0.2) is 41.3 Å². The third-order valence-electron chi connectivity index (χ3n) is 4.02. The first-order valence-electron chi connectivity index (χ1n) is 7.49. The Hall–Kier alpha value is -2.24. The lowest BCUT2D eigenvalue weighted by molar-refractivity contribution is 0.808. The van der Waals surface area contributed by atoms with Gasteiger partial charge in [0, 0.05) is 15.8 Å². The second-order valence-corrected chi connectivity index (χ2v) is 6.86. The normalized spacial score (nSPS) is 19.9. The average Bonchev–Trinajstić information content (AvgIpc) is 2.82. The van der Waals surface area contributed by atoms with Gasteiger partial charge in [-0.15, -0.1) is 11.3 Å². The Morgan fingerprint density at radius 3 is 2.96 bits per heavy atom. The molecular formula is C18H20N4S. The monoisotopic (exact) mass is 324 g/mol. The summed E-state index contributed by atoms with van der Waals surface area (Å²) in [5.41, 5.74) is 16.4. The number of nitrogen functional groups attached to an aromatic ring is 1. The molecule has 1 aliphatic carbocycles. The van der Waals surface area contributed by atoms with E-state index in [1.807, 2.05) is 0 Å². The van der Waals surface area contributed by atoms with Crippen LogP contribution in [0.5, 0.6) is 0 Å². The van der Waals surface area contributed by atoms with Crippen molar-refractivity contribution in [2.45, 2.75) is 26.3 Å². The van der Waals surface area contributed by atoms with Gasteiger partial charge in [0.2, 0.25) is 0 Å². The first kappa shape index (κ1) is 15.6. The van der Waals surface area contributed by atoms with Crippen molar-refractivity contribution in [2.24, 2.45) is 5.73 Å². The van der Waals surface area contributed by atoms with Gasteiger partial charge in [0.25, 0.3) is 0 Å². The Morgan fingerprint density at radius 1 is 1.43 bits per heavy atom. The number of aromatic nitrogens is 2. The summed E-state index contributed by atoms with van der Waals surface area (Å²) in [7, 11) is 0. The van der Waals surface area contributed by atoms with Crippen LogP contribution in [0.3, 0.4) is 0 Å². The molecule has 0 aliphatic heterocycles. The first-order chi connectivity index (χ1) is 11.0. The molecule has 1 atom stereocenters. The maximum Gasteiger partial charge on any atom is 0.144 e. The molecular weight excluding hydrogens is 304 g/mol. The Morgan fingerprint density at radius 2 is 2.22 bits per heavy atom. The predicted octanol–water partition coefficient (Wildman–Crippen LogP) is 2.01. The summed E-state index contributed by atoms with van der Waals surface area (Å²) in [6, 6.07) is 0.127. The highest BCUT2D eigenvalue weighted by Gasteiger charge is 2.10. The summed E-state index contributed by atoms with van der Waals surface area (Å²) in [5, 5.41) is 1.01. The number of fused-ring (bicyclic) bond motifs is 1. The highest BCUT2D eigenvalue weighted by molar-refractivity contribution is 7.17. The van der Waals surface area contributed by atoms with Crippen molar-refractivity contribution in [2.75, 3.05) is 5.73 Å². The van der Waals surface area contributed by atoms with Crippen molar-refractivity contribution >= 4 is 40.0 Å². The minimum absolute atomic E-state index is 0.127. The lowest BCUT2D eigenvalue weighted by Gasteiger charge is -2.17. The van der Waals surface area contributed by atoms with E-state index >= 15 is 0 Å². The summed E-state index contributed by atoms with van der Waals surface area (Å²) >= 11 is 1.53. The van der Waals surface area contributed by atoms with Crippen LogP contribution in [0.2, 0.25) is 0 Å². The Bertz CT molecular complexity index is 963. The summed E-state index contributed by atoms with van der Waals surface area (Å²) in [5.74, 6) is 0.507. The van der Waals surface area contributed by atoms with Crippen LogP contribution >= 0.6 is 11.3 Å². The van der Waals surface area contributed by atoms with Crippen molar-refractivity contribution in [3.63, 3.8) is 0 Å². The number of rotatable bonds is 2. The van der Waals surface area contributed by atoms with E-state index in [-0.39, 0.29) is 6.04 Å². The second-order valence-electron chi connectivity index (χ2n) is 5.76. The average molecular weight is 324 g/mol. The molecule has 4 N–H and O–H groups in total. The maximum absolute atomic E-state index is 5.95. The van der Waals surface area contributed by atoms with Gasteiger partial charge in [-0.1, -0.05) is 30.9 Å². The van der Waals surface area contributed by atoms with E-state index < -0.39 is 0 Å². The lowest BCUT2D eigenvalue weighted by Crippen LogP contribution is -2.19. The number of anilines is 1. The summed E-state index contributed by atoms with van der Waals surface area (Å²) in [4.78, 5) is 8.39. The number of allylic oxidation sites excluding steroid dienone is 4. The molecule has 0 radical (unpaired) electrons. The molecule has 0 aromatic carbocycles. The molecule has 23 heavy (non-hydrogen) atoms. The topological polar surface area (TPSA) is 77.8 Å². The molecule has 1 unspecified atom stereocenters. The van der Waals surface area contributed by atoms with Gasteiger partial charge in [0.1, 0.15) is 12.1 Å². The van der Waals surface area contributed by atoms with Gasteiger partial charge in [-0.3, -0.25) is 0 Å². The molecule has 2 heterocycles. The van der Waals surface area contributed by atoms with Gasteiger partial charge in [0.05, 0.1) is 10.2 Å². The number of hydrogen-bond acceptors (Lipinski definition) is 5. The van der Waals surface area contributed by atoms with Crippen LogP contribution in [-0.2, 0) is 0 Å². The van der Waals surface area contributed by atoms with Crippen molar-refractivity contribution in [1.29, 1.82) is 0 Å². The minimum Gasteiger partial charge on any atom is -0.382 e. The Kier molecular flexibility index (Phi) is 4.15. The number of thiophene rings is 1. The molecule has 118 valence electrons. The SMILES string of the molecule is C=c1sc2c(N)ncnc2c1=CC=C(C)C1=CCC(N)C=C1C. The van der Waals surface area contributed by atoms with Gasteiger partial charge in [-0.25, -0.2) is 9.97 Å². The Labute approximate surface area is 139 Å². The summed E-state index contributed by atoms with van der Waals surface area (Å²) < 4.78 is 1.84. The van der Waals surface area contributed by atoms with E-state index in [2.05, 4.69) is 54.7 Å². The largest absolute Gasteiger partial charge is 0.382 e. The molecule has 0 amide bonds. The van der Waals surface area contributed by atoms with E-state index in [1.165, 1.54) is 34.4 Å². The fourth-order valence-corrected chi connectivity index (χ4v) is 3.76. The van der Waals surface area contributed by atoms with Gasteiger partial charge in [0.15, 0.2) is 0 Å². The van der Waals surface area contributed by atoms with Crippen LogP contribution in [-0.4, -0.2) is 16.0 Å². The van der Waals surface area contributed by atoms with Crippen LogP contribution in [0.25, 0.3) is 22.9 Å². The van der Waals surface area contributed by atoms with Gasteiger partial charge < -0.3 is 11.5 Å². The molecule has 0 bridgehead atoms. The zero-order valence-corrected chi connectivity index (χ0v) is 14.2. The van der Waals surface area contributed by atoms with E-state index in [4.69, 9.17) is 11.5 Å². The molecule has 4 nitrogen and oxygen atoms in total. The molecule has 1 aliphatic rings. The third-order valence-corrected chi connectivity index (χ3v) is 5.09. The summed E-state index contributed by atoms with van der Waals surface area (Å²) in [6.07, 6.45) is 10.9. The fourth-order valence-electron chi connectivity index (χ4n) is 2.83. The van der Waals surface area contributed by atoms with Crippen molar-refractivity contribution < 1.29 is 0 Å². The third kappa shape index (κ3) is 2.98. The van der Waals surface area contributed by atoms with Gasteiger partial charge in [-0.2, -0.15) is 0 Å². The zero-order valence-electron chi connectivity index (χ0n) is 13.3. The van der Waals surface area contributed by atoms with Crippen molar-refractivity contribution in [1.82, 2.24) is 9.97 Å². The van der Waals surface area contributed by atoms with Crippen LogP contribution in [0.1, 0.15) is 20.3 Å².